The fourth-order valence-electron chi connectivity index (χ4n) is 2.29. The van der Waals surface area contributed by atoms with Gasteiger partial charge in [-0.2, -0.15) is 0 Å². The number of methoxy groups -OCH3 is 1. The summed E-state index contributed by atoms with van der Waals surface area (Å²) in [5.41, 5.74) is 0.592. The highest BCUT2D eigenvalue weighted by Gasteiger charge is 2.18. The molecule has 0 aliphatic carbocycles. The third kappa shape index (κ3) is 5.72. The Kier molecular flexibility index (Phi) is 6.83. The van der Waals surface area contributed by atoms with Gasteiger partial charge in [-0.25, -0.2) is 8.42 Å². The lowest BCUT2D eigenvalue weighted by atomic mass is 10.1. The summed E-state index contributed by atoms with van der Waals surface area (Å²) in [4.78, 5) is 14.6. The summed E-state index contributed by atoms with van der Waals surface area (Å²) in [5.74, 6) is 0.0618. The predicted octanol–water partition coefficient (Wildman–Crippen LogP) is 1.48. The zero-order chi connectivity index (χ0) is 17.6. The van der Waals surface area contributed by atoms with Gasteiger partial charge in [-0.1, -0.05) is 13.8 Å². The number of carbonyl (C=O) groups excluding carboxylic acids is 1. The summed E-state index contributed by atoms with van der Waals surface area (Å²) in [6.45, 7) is 7.55. The van der Waals surface area contributed by atoms with E-state index in [4.69, 9.17) is 4.74 Å². The summed E-state index contributed by atoms with van der Waals surface area (Å²) in [5, 5.41) is 2.89. The van der Waals surface area contributed by atoms with Crippen molar-refractivity contribution in [1.82, 2.24) is 10.2 Å². The van der Waals surface area contributed by atoms with E-state index in [1.807, 2.05) is 20.8 Å². The van der Waals surface area contributed by atoms with E-state index < -0.39 is 10.0 Å². The lowest BCUT2D eigenvalue weighted by Gasteiger charge is -2.27. The van der Waals surface area contributed by atoms with Gasteiger partial charge in [-0.15, -0.1) is 0 Å². The van der Waals surface area contributed by atoms with Crippen molar-refractivity contribution in [3.63, 3.8) is 0 Å². The summed E-state index contributed by atoms with van der Waals surface area (Å²) in [6, 6.07) is 4.57. The Bertz CT molecular complexity index is 642. The van der Waals surface area contributed by atoms with Crippen molar-refractivity contribution in [2.45, 2.75) is 26.9 Å². The third-order valence-electron chi connectivity index (χ3n) is 3.45. The second-order valence-corrected chi connectivity index (χ2v) is 6.91. The van der Waals surface area contributed by atoms with Crippen LogP contribution in [0.15, 0.2) is 18.2 Å². The summed E-state index contributed by atoms with van der Waals surface area (Å²) >= 11 is 0. The average molecular weight is 343 g/mol. The van der Waals surface area contributed by atoms with Crippen LogP contribution in [-0.4, -0.2) is 51.8 Å². The molecule has 8 heteroatoms. The lowest BCUT2D eigenvalue weighted by Crippen LogP contribution is -2.46. The first kappa shape index (κ1) is 19.2. The van der Waals surface area contributed by atoms with Crippen molar-refractivity contribution < 1.29 is 17.9 Å². The van der Waals surface area contributed by atoms with Gasteiger partial charge in [0, 0.05) is 5.69 Å². The molecule has 1 rings (SSSR count). The SMILES string of the molecule is CCN(CC)C(C)NC(=O)c1cc(NS(C)(=O)=O)ccc1OC. The zero-order valence-electron chi connectivity index (χ0n) is 14.2. The molecule has 23 heavy (non-hydrogen) atoms. The van der Waals surface area contributed by atoms with Gasteiger partial charge >= 0.3 is 0 Å². The molecule has 7 nitrogen and oxygen atoms in total. The smallest absolute Gasteiger partial charge is 0.256 e. The van der Waals surface area contributed by atoms with Crippen LogP contribution in [0.5, 0.6) is 5.75 Å². The maximum Gasteiger partial charge on any atom is 0.256 e. The summed E-state index contributed by atoms with van der Waals surface area (Å²) in [7, 11) is -1.95. The third-order valence-corrected chi connectivity index (χ3v) is 4.05. The molecule has 1 aromatic rings. The van der Waals surface area contributed by atoms with E-state index in [0.717, 1.165) is 19.3 Å². The molecule has 0 fully saturated rings. The molecule has 1 aromatic carbocycles. The van der Waals surface area contributed by atoms with Crippen LogP contribution in [-0.2, 0) is 10.0 Å². The van der Waals surface area contributed by atoms with Gasteiger partial charge in [0.25, 0.3) is 5.91 Å². The van der Waals surface area contributed by atoms with Crippen LogP contribution in [0.3, 0.4) is 0 Å². The fraction of sp³-hybridized carbons (Fsp3) is 0.533. The molecule has 1 atom stereocenters. The number of nitrogens with zero attached hydrogens (tertiary/aromatic N) is 1. The largest absolute Gasteiger partial charge is 0.496 e. The number of nitrogens with one attached hydrogen (secondary N) is 2. The molecule has 0 saturated carbocycles. The Morgan fingerprint density at radius 3 is 2.39 bits per heavy atom. The van der Waals surface area contributed by atoms with Gasteiger partial charge in [-0.3, -0.25) is 14.4 Å². The highest BCUT2D eigenvalue weighted by molar-refractivity contribution is 7.92. The first-order valence-electron chi connectivity index (χ1n) is 7.42. The fourth-order valence-corrected chi connectivity index (χ4v) is 2.85. The number of amides is 1. The van der Waals surface area contributed by atoms with E-state index in [2.05, 4.69) is 14.9 Å². The minimum atomic E-state index is -3.41. The van der Waals surface area contributed by atoms with Gasteiger partial charge in [0.1, 0.15) is 5.75 Å². The number of benzene rings is 1. The van der Waals surface area contributed by atoms with E-state index in [1.165, 1.54) is 13.2 Å². The maximum absolute atomic E-state index is 12.5. The molecule has 0 aliphatic rings. The minimum Gasteiger partial charge on any atom is -0.496 e. The standard InChI is InChI=1S/C15H25N3O4S/c1-6-18(7-2)11(3)16-15(19)13-10-12(17-23(5,20)21)8-9-14(13)22-4/h8-11,17H,6-7H2,1-5H3,(H,16,19). The number of anilines is 1. The van der Waals surface area contributed by atoms with E-state index in [0.29, 0.717) is 11.4 Å². The monoisotopic (exact) mass is 343 g/mol. The van der Waals surface area contributed by atoms with Crippen LogP contribution in [0.1, 0.15) is 31.1 Å². The zero-order valence-corrected chi connectivity index (χ0v) is 15.0. The molecule has 0 spiro atoms. The molecule has 0 bridgehead atoms. The van der Waals surface area contributed by atoms with E-state index in [1.54, 1.807) is 12.1 Å². The Labute approximate surface area is 138 Å². The van der Waals surface area contributed by atoms with E-state index in [9.17, 15) is 13.2 Å². The van der Waals surface area contributed by atoms with Crippen LogP contribution in [0.25, 0.3) is 0 Å². The molecule has 0 aliphatic heterocycles. The molecule has 1 amide bonds. The number of hydrogen-bond donors (Lipinski definition) is 2. The number of rotatable bonds is 8. The number of hydrogen-bond acceptors (Lipinski definition) is 5. The number of carbonyl (C=O) groups is 1. The topological polar surface area (TPSA) is 87.7 Å². The minimum absolute atomic E-state index is 0.145. The normalized spacial score (nSPS) is 12.8. The van der Waals surface area contributed by atoms with E-state index in [-0.39, 0.29) is 17.6 Å². The first-order chi connectivity index (χ1) is 10.7. The van der Waals surface area contributed by atoms with Crippen molar-refractivity contribution >= 4 is 21.6 Å². The Morgan fingerprint density at radius 2 is 1.91 bits per heavy atom. The maximum atomic E-state index is 12.5. The van der Waals surface area contributed by atoms with Crippen molar-refractivity contribution in [1.29, 1.82) is 0 Å². The van der Waals surface area contributed by atoms with Gasteiger partial charge in [-0.05, 0) is 38.2 Å². The highest BCUT2D eigenvalue weighted by Crippen LogP contribution is 2.23. The quantitative estimate of drug-likeness (QED) is 0.698. The molecule has 0 saturated heterocycles. The van der Waals surface area contributed by atoms with E-state index >= 15 is 0 Å². The van der Waals surface area contributed by atoms with Crippen LogP contribution in [0.4, 0.5) is 5.69 Å². The van der Waals surface area contributed by atoms with Gasteiger partial charge in [0.2, 0.25) is 10.0 Å². The molecule has 2 N–H and O–H groups in total. The molecule has 130 valence electrons. The van der Waals surface area contributed by atoms with Crippen LogP contribution in [0, 0.1) is 0 Å². The molecule has 0 aromatic heterocycles. The Morgan fingerprint density at radius 1 is 1.30 bits per heavy atom. The molecular formula is C15H25N3O4S. The molecule has 0 heterocycles. The molecule has 0 radical (unpaired) electrons. The summed E-state index contributed by atoms with van der Waals surface area (Å²) in [6.07, 6.45) is 0.910. The van der Waals surface area contributed by atoms with Gasteiger partial charge in [0.15, 0.2) is 0 Å². The van der Waals surface area contributed by atoms with Gasteiger partial charge < -0.3 is 10.1 Å². The van der Waals surface area contributed by atoms with Gasteiger partial charge in [0.05, 0.1) is 25.1 Å². The molecular weight excluding hydrogens is 318 g/mol. The second-order valence-electron chi connectivity index (χ2n) is 5.16. The van der Waals surface area contributed by atoms with Crippen molar-refractivity contribution in [2.75, 3.05) is 31.2 Å². The average Bonchev–Trinajstić information content (AvgIpc) is 2.46. The van der Waals surface area contributed by atoms with Crippen LogP contribution >= 0.6 is 0 Å². The highest BCUT2D eigenvalue weighted by atomic mass is 32.2. The van der Waals surface area contributed by atoms with Crippen molar-refractivity contribution in [2.24, 2.45) is 0 Å². The second kappa shape index (κ2) is 8.16. The van der Waals surface area contributed by atoms with Crippen LogP contribution < -0.4 is 14.8 Å². The van der Waals surface area contributed by atoms with Crippen molar-refractivity contribution in [3.05, 3.63) is 23.8 Å². The first-order valence-corrected chi connectivity index (χ1v) is 9.31. The number of ether oxygens (including phenoxy) is 1. The van der Waals surface area contributed by atoms with Crippen LogP contribution in [0.2, 0.25) is 0 Å². The Hall–Kier alpha value is -1.80. The van der Waals surface area contributed by atoms with Crippen molar-refractivity contribution in [3.8, 4) is 5.75 Å². The summed E-state index contributed by atoms with van der Waals surface area (Å²) < 4.78 is 30.2. The number of sulfonamides is 1. The Balaban J connectivity index is 3.04. The predicted molar refractivity (Wildman–Crippen MR) is 91.3 cm³/mol. The molecule has 1 unspecified atom stereocenters. The lowest BCUT2D eigenvalue weighted by molar-refractivity contribution is 0.0872.